The molecule has 1 unspecified atom stereocenters. The first-order valence-electron chi connectivity index (χ1n) is 6.16. The van der Waals surface area contributed by atoms with E-state index in [1.165, 1.54) is 0 Å². The standard InChI is InChI=1S/C14H21BrFNS/c1-5-17-12(9-18-14(2,3)4)10-7-6-8-11(15)13(10)16/h6-8,12,17H,5,9H2,1-4H3. The predicted octanol–water partition coefficient (Wildman–Crippen LogP) is 4.77. The minimum atomic E-state index is -0.155. The highest BCUT2D eigenvalue weighted by atomic mass is 79.9. The molecule has 1 N–H and O–H groups in total. The molecular formula is C14H21BrFNS. The highest BCUT2D eigenvalue weighted by Gasteiger charge is 2.20. The van der Waals surface area contributed by atoms with Crippen molar-refractivity contribution >= 4 is 27.7 Å². The van der Waals surface area contributed by atoms with E-state index in [1.54, 1.807) is 6.07 Å². The third-order valence-electron chi connectivity index (χ3n) is 2.49. The van der Waals surface area contributed by atoms with Crippen molar-refractivity contribution in [2.75, 3.05) is 12.3 Å². The maximum Gasteiger partial charge on any atom is 0.142 e. The molecule has 0 saturated heterocycles. The van der Waals surface area contributed by atoms with Gasteiger partial charge >= 0.3 is 0 Å². The molecule has 18 heavy (non-hydrogen) atoms. The van der Waals surface area contributed by atoms with Crippen molar-refractivity contribution in [1.82, 2.24) is 5.32 Å². The minimum Gasteiger partial charge on any atom is -0.309 e. The van der Waals surface area contributed by atoms with E-state index in [4.69, 9.17) is 0 Å². The quantitative estimate of drug-likeness (QED) is 0.832. The second-order valence-electron chi connectivity index (χ2n) is 5.18. The van der Waals surface area contributed by atoms with Crippen LogP contribution in [0.5, 0.6) is 0 Å². The summed E-state index contributed by atoms with van der Waals surface area (Å²) in [6, 6.07) is 5.53. The Labute approximate surface area is 122 Å². The Hall–Kier alpha value is -0.0600. The van der Waals surface area contributed by atoms with Crippen LogP contribution in [-0.2, 0) is 0 Å². The lowest BCUT2D eigenvalue weighted by Gasteiger charge is -2.24. The Balaban J connectivity index is 2.87. The van der Waals surface area contributed by atoms with Crippen LogP contribution in [0.25, 0.3) is 0 Å². The molecule has 1 nitrogen and oxygen atoms in total. The predicted molar refractivity (Wildman–Crippen MR) is 82.7 cm³/mol. The summed E-state index contributed by atoms with van der Waals surface area (Å²) < 4.78 is 14.8. The van der Waals surface area contributed by atoms with Crippen LogP contribution in [-0.4, -0.2) is 17.0 Å². The molecule has 1 aromatic carbocycles. The van der Waals surface area contributed by atoms with Crippen LogP contribution in [0.2, 0.25) is 0 Å². The lowest BCUT2D eigenvalue weighted by molar-refractivity contribution is 0.541. The number of hydrogen-bond donors (Lipinski definition) is 1. The molecule has 1 rings (SSSR count). The van der Waals surface area contributed by atoms with E-state index in [9.17, 15) is 4.39 Å². The maximum absolute atomic E-state index is 14.1. The van der Waals surface area contributed by atoms with E-state index in [-0.39, 0.29) is 16.6 Å². The van der Waals surface area contributed by atoms with Crippen molar-refractivity contribution in [2.24, 2.45) is 0 Å². The van der Waals surface area contributed by atoms with Crippen LogP contribution >= 0.6 is 27.7 Å². The molecule has 0 amide bonds. The number of benzene rings is 1. The molecule has 0 heterocycles. The third-order valence-corrected chi connectivity index (χ3v) is 4.47. The molecule has 1 atom stereocenters. The first-order chi connectivity index (χ1) is 8.35. The number of halogens is 2. The van der Waals surface area contributed by atoms with Gasteiger partial charge in [-0.25, -0.2) is 4.39 Å². The highest BCUT2D eigenvalue weighted by Crippen LogP contribution is 2.31. The van der Waals surface area contributed by atoms with Crippen LogP contribution in [0, 0.1) is 5.82 Å². The van der Waals surface area contributed by atoms with Crippen LogP contribution in [0.3, 0.4) is 0 Å². The van der Waals surface area contributed by atoms with Gasteiger partial charge in [-0.2, -0.15) is 11.8 Å². The topological polar surface area (TPSA) is 12.0 Å². The van der Waals surface area contributed by atoms with Crippen molar-refractivity contribution in [1.29, 1.82) is 0 Å². The Kier molecular flexibility index (Phi) is 6.15. The zero-order chi connectivity index (χ0) is 13.8. The summed E-state index contributed by atoms with van der Waals surface area (Å²) in [5, 5.41) is 3.36. The van der Waals surface area contributed by atoms with Crippen LogP contribution in [0.15, 0.2) is 22.7 Å². The molecule has 0 saturated carbocycles. The summed E-state index contributed by atoms with van der Waals surface area (Å²) in [7, 11) is 0. The first-order valence-corrected chi connectivity index (χ1v) is 7.94. The Bertz CT molecular complexity index is 390. The second-order valence-corrected chi connectivity index (χ2v) is 7.88. The third kappa shape index (κ3) is 4.90. The Morgan fingerprint density at radius 2 is 2.06 bits per heavy atom. The zero-order valence-corrected chi connectivity index (χ0v) is 13.8. The van der Waals surface area contributed by atoms with Gasteiger partial charge in [0, 0.05) is 22.1 Å². The van der Waals surface area contributed by atoms with Gasteiger partial charge in [-0.15, -0.1) is 0 Å². The number of rotatable bonds is 5. The lowest BCUT2D eigenvalue weighted by atomic mass is 10.1. The summed E-state index contributed by atoms with van der Waals surface area (Å²) in [4.78, 5) is 0. The van der Waals surface area contributed by atoms with Crippen molar-refractivity contribution in [3.8, 4) is 0 Å². The first kappa shape index (κ1) is 16.0. The smallest absolute Gasteiger partial charge is 0.142 e. The molecule has 0 spiro atoms. The van der Waals surface area contributed by atoms with E-state index < -0.39 is 0 Å². The summed E-state index contributed by atoms with van der Waals surface area (Å²) in [5.74, 6) is 0.711. The van der Waals surface area contributed by atoms with Crippen molar-refractivity contribution < 1.29 is 4.39 Å². The van der Waals surface area contributed by atoms with E-state index in [1.807, 2.05) is 30.8 Å². The van der Waals surface area contributed by atoms with Gasteiger partial charge < -0.3 is 5.32 Å². The number of nitrogens with one attached hydrogen (secondary N) is 1. The Morgan fingerprint density at radius 1 is 1.39 bits per heavy atom. The van der Waals surface area contributed by atoms with E-state index >= 15 is 0 Å². The van der Waals surface area contributed by atoms with Crippen molar-refractivity contribution in [3.05, 3.63) is 34.1 Å². The summed E-state index contributed by atoms with van der Waals surface area (Å²) >= 11 is 5.09. The molecule has 0 aliphatic heterocycles. The summed E-state index contributed by atoms with van der Waals surface area (Å²) in [6.45, 7) is 9.42. The molecule has 4 heteroatoms. The minimum absolute atomic E-state index is 0.0525. The van der Waals surface area contributed by atoms with Gasteiger partial charge in [0.05, 0.1) is 4.47 Å². The van der Waals surface area contributed by atoms with Crippen LogP contribution < -0.4 is 5.32 Å². The second kappa shape index (κ2) is 6.92. The van der Waals surface area contributed by atoms with Gasteiger partial charge in [-0.05, 0) is 28.5 Å². The molecule has 0 radical (unpaired) electrons. The molecule has 0 aliphatic carbocycles. The van der Waals surface area contributed by atoms with Crippen LogP contribution in [0.4, 0.5) is 4.39 Å². The normalized spacial score (nSPS) is 13.7. The van der Waals surface area contributed by atoms with Crippen molar-refractivity contribution in [3.63, 3.8) is 0 Å². The summed E-state index contributed by atoms with van der Waals surface area (Å²) in [5.41, 5.74) is 0.739. The van der Waals surface area contributed by atoms with Gasteiger partial charge in [0.2, 0.25) is 0 Å². The van der Waals surface area contributed by atoms with E-state index in [0.29, 0.717) is 4.47 Å². The largest absolute Gasteiger partial charge is 0.309 e. The molecule has 0 aromatic heterocycles. The highest BCUT2D eigenvalue weighted by molar-refractivity contribution is 9.10. The van der Waals surface area contributed by atoms with Gasteiger partial charge in [0.25, 0.3) is 0 Å². The fraction of sp³-hybridized carbons (Fsp3) is 0.571. The number of hydrogen-bond acceptors (Lipinski definition) is 2. The maximum atomic E-state index is 14.1. The SMILES string of the molecule is CCNC(CSC(C)(C)C)c1cccc(Br)c1F. The lowest BCUT2D eigenvalue weighted by Crippen LogP contribution is -2.26. The molecule has 0 fully saturated rings. The molecule has 1 aromatic rings. The number of thioether (sulfide) groups is 1. The average Bonchev–Trinajstić information content (AvgIpc) is 2.27. The van der Waals surface area contributed by atoms with Gasteiger partial charge in [0.1, 0.15) is 5.82 Å². The van der Waals surface area contributed by atoms with Gasteiger partial charge in [-0.1, -0.05) is 39.8 Å². The van der Waals surface area contributed by atoms with Gasteiger partial charge in [-0.3, -0.25) is 0 Å². The summed E-state index contributed by atoms with van der Waals surface area (Å²) in [6.07, 6.45) is 0. The van der Waals surface area contributed by atoms with E-state index in [2.05, 4.69) is 42.0 Å². The van der Waals surface area contributed by atoms with Crippen LogP contribution in [0.1, 0.15) is 39.3 Å². The average molecular weight is 334 g/mol. The monoisotopic (exact) mass is 333 g/mol. The molecular weight excluding hydrogens is 313 g/mol. The zero-order valence-electron chi connectivity index (χ0n) is 11.4. The molecule has 0 bridgehead atoms. The molecule has 0 aliphatic rings. The Morgan fingerprint density at radius 3 is 2.61 bits per heavy atom. The fourth-order valence-corrected chi connectivity index (χ4v) is 2.97. The van der Waals surface area contributed by atoms with Crippen molar-refractivity contribution in [2.45, 2.75) is 38.5 Å². The van der Waals surface area contributed by atoms with E-state index in [0.717, 1.165) is 17.9 Å². The molecule has 102 valence electrons. The van der Waals surface area contributed by atoms with Gasteiger partial charge in [0.15, 0.2) is 0 Å². The fourth-order valence-electron chi connectivity index (χ4n) is 1.63.